The Kier molecular flexibility index (Phi) is 4.85. The Morgan fingerprint density at radius 1 is 0.926 bits per heavy atom. The minimum atomic E-state index is 0.613. The van der Waals surface area contributed by atoms with Crippen molar-refractivity contribution in [2.75, 3.05) is 27.2 Å². The Morgan fingerprint density at radius 2 is 1.70 bits per heavy atom. The molecule has 136 valence electrons. The van der Waals surface area contributed by atoms with E-state index in [-0.39, 0.29) is 0 Å². The quantitative estimate of drug-likeness (QED) is 0.522. The van der Waals surface area contributed by atoms with Crippen LogP contribution in [0.2, 0.25) is 0 Å². The number of likely N-dealkylation sites (N-methyl/N-ethyl adjacent to an activating group) is 1. The lowest BCUT2D eigenvalue weighted by atomic mass is 10.1. The molecule has 0 aliphatic heterocycles. The Hall–Kier alpha value is -3.18. The molecule has 0 saturated heterocycles. The van der Waals surface area contributed by atoms with E-state index in [1.807, 2.05) is 67.3 Å². The minimum Gasteiger partial charge on any atom is -0.490 e. The van der Waals surface area contributed by atoms with Crippen LogP contribution in [0.5, 0.6) is 5.75 Å². The molecule has 0 spiro atoms. The van der Waals surface area contributed by atoms with Crippen molar-refractivity contribution in [3.63, 3.8) is 0 Å². The summed E-state index contributed by atoms with van der Waals surface area (Å²) in [5.41, 5.74) is 3.70. The molecule has 5 nitrogen and oxygen atoms in total. The van der Waals surface area contributed by atoms with E-state index in [1.165, 1.54) is 0 Å². The van der Waals surface area contributed by atoms with Gasteiger partial charge in [0.1, 0.15) is 23.7 Å². The van der Waals surface area contributed by atoms with Crippen LogP contribution in [0.15, 0.2) is 72.9 Å². The lowest BCUT2D eigenvalue weighted by Crippen LogP contribution is -2.19. The van der Waals surface area contributed by atoms with Crippen molar-refractivity contribution < 1.29 is 4.74 Å². The van der Waals surface area contributed by atoms with E-state index in [1.54, 1.807) is 6.20 Å². The smallest absolute Gasteiger partial charge is 0.163 e. The van der Waals surface area contributed by atoms with Crippen molar-refractivity contribution in [2.24, 2.45) is 0 Å². The molecular weight excluding hydrogens is 336 g/mol. The second-order valence-electron chi connectivity index (χ2n) is 6.62. The van der Waals surface area contributed by atoms with Crippen molar-refractivity contribution in [1.82, 2.24) is 19.7 Å². The number of pyridine rings is 1. The summed E-state index contributed by atoms with van der Waals surface area (Å²) in [5.74, 6) is 0.800. The zero-order valence-electron chi connectivity index (χ0n) is 15.5. The van der Waals surface area contributed by atoms with Gasteiger partial charge in [-0.25, -0.2) is 9.67 Å². The fourth-order valence-electron chi connectivity index (χ4n) is 3.02. The number of aromatic nitrogens is 3. The summed E-state index contributed by atoms with van der Waals surface area (Å²) in [4.78, 5) is 6.69. The van der Waals surface area contributed by atoms with Gasteiger partial charge < -0.3 is 9.64 Å². The number of para-hydroxylation sites is 2. The SMILES string of the molecule is CN(C)CCOc1ccccc1-n1nc(-c2ccccc2)c2cccnc21. The van der Waals surface area contributed by atoms with Gasteiger partial charge in [-0.15, -0.1) is 0 Å². The fraction of sp³-hybridized carbons (Fsp3) is 0.182. The summed E-state index contributed by atoms with van der Waals surface area (Å²) >= 11 is 0. The maximum absolute atomic E-state index is 6.04. The number of rotatable bonds is 6. The number of ether oxygens (including phenoxy) is 1. The molecule has 4 rings (SSSR count). The van der Waals surface area contributed by atoms with Gasteiger partial charge in [0.05, 0.1) is 0 Å². The monoisotopic (exact) mass is 358 g/mol. The van der Waals surface area contributed by atoms with Crippen LogP contribution in [0.1, 0.15) is 0 Å². The van der Waals surface area contributed by atoms with Gasteiger partial charge in [0.15, 0.2) is 5.65 Å². The molecule has 5 heteroatoms. The molecule has 0 fully saturated rings. The van der Waals surface area contributed by atoms with Gasteiger partial charge in [-0.3, -0.25) is 0 Å². The number of hydrogen-bond donors (Lipinski definition) is 0. The summed E-state index contributed by atoms with van der Waals surface area (Å²) in [6, 6.07) is 22.2. The molecular formula is C22H22N4O. The van der Waals surface area contributed by atoms with Crippen LogP contribution in [0.25, 0.3) is 28.0 Å². The van der Waals surface area contributed by atoms with E-state index in [0.29, 0.717) is 6.61 Å². The zero-order valence-corrected chi connectivity index (χ0v) is 15.5. The maximum atomic E-state index is 6.04. The Morgan fingerprint density at radius 3 is 2.52 bits per heavy atom. The summed E-state index contributed by atoms with van der Waals surface area (Å²) in [5, 5.41) is 5.92. The van der Waals surface area contributed by atoms with Crippen LogP contribution in [-0.4, -0.2) is 46.9 Å². The first-order chi connectivity index (χ1) is 13.2. The van der Waals surface area contributed by atoms with E-state index in [9.17, 15) is 0 Å². The van der Waals surface area contributed by atoms with Crippen LogP contribution >= 0.6 is 0 Å². The third kappa shape index (κ3) is 3.55. The van der Waals surface area contributed by atoms with E-state index in [4.69, 9.17) is 9.84 Å². The van der Waals surface area contributed by atoms with Crippen LogP contribution in [0.3, 0.4) is 0 Å². The highest BCUT2D eigenvalue weighted by Gasteiger charge is 2.16. The van der Waals surface area contributed by atoms with Crippen molar-refractivity contribution in [3.05, 3.63) is 72.9 Å². The highest BCUT2D eigenvalue weighted by Crippen LogP contribution is 2.31. The van der Waals surface area contributed by atoms with Crippen LogP contribution in [0.4, 0.5) is 0 Å². The van der Waals surface area contributed by atoms with Crippen LogP contribution in [0, 0.1) is 0 Å². The molecule has 0 radical (unpaired) electrons. The highest BCUT2D eigenvalue weighted by atomic mass is 16.5. The van der Waals surface area contributed by atoms with Crippen molar-refractivity contribution in [2.45, 2.75) is 0 Å². The van der Waals surface area contributed by atoms with Gasteiger partial charge >= 0.3 is 0 Å². The summed E-state index contributed by atoms with van der Waals surface area (Å²) in [7, 11) is 4.07. The molecule has 0 unspecified atom stereocenters. The molecule has 0 aliphatic rings. The largest absolute Gasteiger partial charge is 0.490 e. The van der Waals surface area contributed by atoms with Gasteiger partial charge in [0.2, 0.25) is 0 Å². The molecule has 0 aliphatic carbocycles. The normalized spacial score (nSPS) is 11.2. The first-order valence-corrected chi connectivity index (χ1v) is 9.00. The lowest BCUT2D eigenvalue weighted by molar-refractivity contribution is 0.260. The van der Waals surface area contributed by atoms with Gasteiger partial charge in [0.25, 0.3) is 0 Å². The molecule has 0 bridgehead atoms. The average Bonchev–Trinajstić information content (AvgIpc) is 3.08. The molecule has 4 aromatic rings. The van der Waals surface area contributed by atoms with Crippen LogP contribution in [-0.2, 0) is 0 Å². The van der Waals surface area contributed by atoms with Crippen LogP contribution < -0.4 is 4.74 Å². The van der Waals surface area contributed by atoms with E-state index < -0.39 is 0 Å². The molecule has 0 amide bonds. The van der Waals surface area contributed by atoms with E-state index in [0.717, 1.165) is 40.3 Å². The third-order valence-corrected chi connectivity index (χ3v) is 4.38. The third-order valence-electron chi connectivity index (χ3n) is 4.38. The fourth-order valence-corrected chi connectivity index (χ4v) is 3.02. The molecule has 2 aromatic carbocycles. The van der Waals surface area contributed by atoms with Crippen molar-refractivity contribution in [1.29, 1.82) is 0 Å². The predicted octanol–water partition coefficient (Wildman–Crippen LogP) is 4.03. The molecule has 0 N–H and O–H groups in total. The van der Waals surface area contributed by atoms with Gasteiger partial charge in [0, 0.05) is 23.7 Å². The number of fused-ring (bicyclic) bond motifs is 1. The molecule has 0 atom stereocenters. The zero-order chi connectivity index (χ0) is 18.6. The standard InChI is InChI=1S/C22H22N4O/c1-25(2)15-16-27-20-13-7-6-12-19(20)26-22-18(11-8-14-23-22)21(24-26)17-9-4-3-5-10-17/h3-14H,15-16H2,1-2H3. The maximum Gasteiger partial charge on any atom is 0.163 e. The summed E-state index contributed by atoms with van der Waals surface area (Å²) < 4.78 is 7.91. The Labute approximate surface area is 158 Å². The average molecular weight is 358 g/mol. The van der Waals surface area contributed by atoms with Gasteiger partial charge in [-0.05, 0) is 38.4 Å². The van der Waals surface area contributed by atoms with Gasteiger partial charge in [-0.1, -0.05) is 42.5 Å². The topological polar surface area (TPSA) is 43.2 Å². The molecule has 0 saturated carbocycles. The highest BCUT2D eigenvalue weighted by molar-refractivity contribution is 5.92. The number of nitrogens with zero attached hydrogens (tertiary/aromatic N) is 4. The second kappa shape index (κ2) is 7.60. The number of benzene rings is 2. The Balaban J connectivity index is 1.81. The van der Waals surface area contributed by atoms with E-state index in [2.05, 4.69) is 28.1 Å². The molecule has 2 aromatic heterocycles. The molecule has 2 heterocycles. The van der Waals surface area contributed by atoms with Crippen molar-refractivity contribution in [3.8, 4) is 22.7 Å². The lowest BCUT2D eigenvalue weighted by Gasteiger charge is -2.14. The van der Waals surface area contributed by atoms with Gasteiger partial charge in [-0.2, -0.15) is 5.10 Å². The van der Waals surface area contributed by atoms with E-state index >= 15 is 0 Å². The summed E-state index contributed by atoms with van der Waals surface area (Å²) in [6.07, 6.45) is 1.80. The first-order valence-electron chi connectivity index (χ1n) is 9.00. The molecule has 27 heavy (non-hydrogen) atoms. The second-order valence-corrected chi connectivity index (χ2v) is 6.62. The minimum absolute atomic E-state index is 0.613. The van der Waals surface area contributed by atoms with Crippen molar-refractivity contribution >= 4 is 11.0 Å². The first kappa shape index (κ1) is 17.2. The number of hydrogen-bond acceptors (Lipinski definition) is 4. The predicted molar refractivity (Wildman–Crippen MR) is 108 cm³/mol. The Bertz CT molecular complexity index is 1040. The summed E-state index contributed by atoms with van der Waals surface area (Å²) in [6.45, 7) is 1.46.